The van der Waals surface area contributed by atoms with Crippen molar-refractivity contribution in [2.24, 2.45) is 0 Å². The third-order valence-corrected chi connectivity index (χ3v) is 7.64. The predicted octanol–water partition coefficient (Wildman–Crippen LogP) is 2.92. The van der Waals surface area contributed by atoms with Crippen LogP contribution in [0.2, 0.25) is 0 Å². The zero-order valence-corrected chi connectivity index (χ0v) is 21.8. The molecule has 0 saturated carbocycles. The van der Waals surface area contributed by atoms with Gasteiger partial charge in [-0.15, -0.1) is 5.10 Å². The summed E-state index contributed by atoms with van der Waals surface area (Å²) in [4.78, 5) is 21.3. The van der Waals surface area contributed by atoms with Crippen LogP contribution in [0.4, 0.5) is 5.69 Å². The second-order valence-corrected chi connectivity index (χ2v) is 10.1. The Balaban J connectivity index is 1.34. The van der Waals surface area contributed by atoms with Crippen molar-refractivity contribution in [3.63, 3.8) is 0 Å². The van der Waals surface area contributed by atoms with Crippen LogP contribution in [0, 0.1) is 6.92 Å². The van der Waals surface area contributed by atoms with Crippen molar-refractivity contribution < 1.29 is 9.47 Å². The van der Waals surface area contributed by atoms with E-state index in [1.54, 1.807) is 7.11 Å². The van der Waals surface area contributed by atoms with Gasteiger partial charge in [-0.3, -0.25) is 9.69 Å². The summed E-state index contributed by atoms with van der Waals surface area (Å²) in [6.45, 7) is 6.56. The molecule has 0 bridgehead atoms. The zero-order chi connectivity index (χ0) is 26.1. The number of hydrogen-bond acceptors (Lipinski definition) is 8. The fraction of sp³-hybridized carbons (Fsp3) is 0.429. The predicted molar refractivity (Wildman–Crippen MR) is 145 cm³/mol. The van der Waals surface area contributed by atoms with Gasteiger partial charge in [0.1, 0.15) is 11.8 Å². The number of fused-ring (bicyclic) bond motifs is 1. The van der Waals surface area contributed by atoms with Crippen molar-refractivity contribution in [1.82, 2.24) is 30.1 Å². The lowest BCUT2D eigenvalue weighted by atomic mass is 10.0. The molecule has 1 N–H and O–H groups in total. The summed E-state index contributed by atoms with van der Waals surface area (Å²) < 4.78 is 13.0. The number of nitrogens with one attached hydrogen (secondary N) is 1. The summed E-state index contributed by atoms with van der Waals surface area (Å²) in [5.74, 6) is 1.52. The summed E-state index contributed by atoms with van der Waals surface area (Å²) in [6, 6.07) is 15.8. The second kappa shape index (κ2) is 10.5. The largest absolute Gasteiger partial charge is 0.497 e. The van der Waals surface area contributed by atoms with Gasteiger partial charge in [-0.25, -0.2) is 4.68 Å². The summed E-state index contributed by atoms with van der Waals surface area (Å²) >= 11 is 0. The number of aromatic amines is 1. The fourth-order valence-corrected chi connectivity index (χ4v) is 5.60. The molecule has 6 rings (SSSR count). The maximum Gasteiger partial charge on any atom is 0.253 e. The molecule has 2 saturated heterocycles. The number of nitrogens with zero attached hydrogens (tertiary/aromatic N) is 6. The summed E-state index contributed by atoms with van der Waals surface area (Å²) in [6.07, 6.45) is 2.12. The lowest BCUT2D eigenvalue weighted by Gasteiger charge is -2.39. The maximum atomic E-state index is 13.5. The molecule has 0 amide bonds. The molecule has 10 heteroatoms. The van der Waals surface area contributed by atoms with Crippen molar-refractivity contribution in [2.75, 3.05) is 44.8 Å². The van der Waals surface area contributed by atoms with E-state index < -0.39 is 0 Å². The molecule has 10 nitrogen and oxygen atoms in total. The number of rotatable bonds is 7. The van der Waals surface area contributed by atoms with Crippen LogP contribution in [0.1, 0.15) is 35.8 Å². The van der Waals surface area contributed by atoms with E-state index in [9.17, 15) is 4.79 Å². The molecule has 38 heavy (non-hydrogen) atoms. The molecule has 4 aromatic rings. The van der Waals surface area contributed by atoms with Gasteiger partial charge in [0.15, 0.2) is 5.82 Å². The Bertz CT molecular complexity index is 1450. The van der Waals surface area contributed by atoms with E-state index in [1.807, 2.05) is 35.0 Å². The van der Waals surface area contributed by atoms with Crippen molar-refractivity contribution in [3.05, 3.63) is 75.8 Å². The van der Waals surface area contributed by atoms with Crippen LogP contribution in [-0.4, -0.2) is 76.1 Å². The van der Waals surface area contributed by atoms with Gasteiger partial charge in [-0.2, -0.15) is 0 Å². The van der Waals surface area contributed by atoms with Gasteiger partial charge in [0, 0.05) is 49.6 Å². The lowest BCUT2D eigenvalue weighted by Crippen LogP contribution is -2.49. The Morgan fingerprint density at radius 1 is 1.11 bits per heavy atom. The minimum absolute atomic E-state index is 0.0855. The van der Waals surface area contributed by atoms with Crippen molar-refractivity contribution >= 4 is 16.6 Å². The first-order valence-electron chi connectivity index (χ1n) is 13.2. The second-order valence-electron chi connectivity index (χ2n) is 10.1. The monoisotopic (exact) mass is 515 g/mol. The quantitative estimate of drug-likeness (QED) is 0.401. The normalized spacial score (nSPS) is 19.2. The highest BCUT2D eigenvalue weighted by atomic mass is 16.5. The van der Waals surface area contributed by atoms with Gasteiger partial charge >= 0.3 is 0 Å². The van der Waals surface area contributed by atoms with Crippen LogP contribution < -0.4 is 15.2 Å². The third kappa shape index (κ3) is 4.89. The molecule has 2 aliphatic rings. The van der Waals surface area contributed by atoms with Crippen LogP contribution in [-0.2, 0) is 11.3 Å². The molecule has 2 fully saturated rings. The number of pyridine rings is 1. The van der Waals surface area contributed by atoms with Crippen LogP contribution in [0.5, 0.6) is 5.75 Å². The number of anilines is 1. The number of hydrogen-bond donors (Lipinski definition) is 1. The van der Waals surface area contributed by atoms with Crippen LogP contribution >= 0.6 is 0 Å². The molecule has 2 atom stereocenters. The Kier molecular flexibility index (Phi) is 6.82. The fourth-order valence-electron chi connectivity index (χ4n) is 5.60. The molecule has 2 aliphatic heterocycles. The smallest absolute Gasteiger partial charge is 0.253 e. The standard InChI is InChI=1S/C28H33N7O3/c1-19-5-10-25-20(16-19)17-24(28(36)29-25)26(27-30-31-32-35(27)18-23-4-3-15-38-23)34-13-11-33(12-14-34)21-6-8-22(37-2)9-7-21/h5-10,16-17,23,26H,3-4,11-15,18H2,1-2H3,(H,29,36)/t23-,26-/m1/s1. The van der Waals surface area contributed by atoms with Gasteiger partial charge in [0.25, 0.3) is 5.56 Å². The topological polar surface area (TPSA) is 101 Å². The number of aryl methyl sites for hydroxylation is 1. The number of benzene rings is 2. The van der Waals surface area contributed by atoms with Gasteiger partial charge in [-0.1, -0.05) is 11.6 Å². The number of methoxy groups -OCH3 is 1. The summed E-state index contributed by atoms with van der Waals surface area (Å²) in [7, 11) is 1.68. The Morgan fingerprint density at radius 2 is 1.92 bits per heavy atom. The SMILES string of the molecule is COc1ccc(N2CCN([C@H](c3cc4cc(C)ccc4[nH]c3=O)c3nnnn3C[C@H]3CCCO3)CC2)cc1. The van der Waals surface area contributed by atoms with E-state index in [0.717, 1.165) is 73.5 Å². The highest BCUT2D eigenvalue weighted by molar-refractivity contribution is 5.79. The minimum Gasteiger partial charge on any atom is -0.497 e. The molecular formula is C28H33N7O3. The Hall–Kier alpha value is -3.76. The number of aromatic nitrogens is 5. The highest BCUT2D eigenvalue weighted by Gasteiger charge is 2.33. The van der Waals surface area contributed by atoms with Gasteiger partial charge < -0.3 is 19.4 Å². The third-order valence-electron chi connectivity index (χ3n) is 7.64. The molecule has 2 aromatic carbocycles. The first-order valence-corrected chi connectivity index (χ1v) is 13.2. The lowest BCUT2D eigenvalue weighted by molar-refractivity contribution is 0.0906. The summed E-state index contributed by atoms with van der Waals surface area (Å²) in [5, 5.41) is 13.8. The molecule has 4 heterocycles. The van der Waals surface area contributed by atoms with Gasteiger partial charge in [-0.05, 0) is 78.0 Å². The Morgan fingerprint density at radius 3 is 2.66 bits per heavy atom. The van der Waals surface area contributed by atoms with Crippen molar-refractivity contribution in [2.45, 2.75) is 38.5 Å². The molecule has 198 valence electrons. The maximum absolute atomic E-state index is 13.5. The van der Waals surface area contributed by atoms with Crippen LogP contribution in [0.25, 0.3) is 10.9 Å². The van der Waals surface area contributed by atoms with E-state index >= 15 is 0 Å². The van der Waals surface area contributed by atoms with Crippen molar-refractivity contribution in [3.8, 4) is 5.75 Å². The first kappa shape index (κ1) is 24.6. The molecule has 0 spiro atoms. The number of piperazine rings is 1. The Labute approximate surface area is 221 Å². The molecular weight excluding hydrogens is 482 g/mol. The van der Waals surface area contributed by atoms with E-state index in [-0.39, 0.29) is 17.7 Å². The molecule has 0 unspecified atom stereocenters. The average molecular weight is 516 g/mol. The number of ether oxygens (including phenoxy) is 2. The van der Waals surface area contributed by atoms with E-state index in [0.29, 0.717) is 17.9 Å². The molecule has 0 radical (unpaired) electrons. The van der Waals surface area contributed by atoms with Crippen molar-refractivity contribution in [1.29, 1.82) is 0 Å². The van der Waals surface area contributed by atoms with Crippen LogP contribution in [0.3, 0.4) is 0 Å². The minimum atomic E-state index is -0.377. The van der Waals surface area contributed by atoms with E-state index in [2.05, 4.69) is 55.4 Å². The van der Waals surface area contributed by atoms with E-state index in [4.69, 9.17) is 9.47 Å². The number of H-pyrrole nitrogens is 1. The van der Waals surface area contributed by atoms with E-state index in [1.165, 1.54) is 0 Å². The molecule has 0 aliphatic carbocycles. The number of tetrazole rings is 1. The molecule has 2 aromatic heterocycles. The van der Waals surface area contributed by atoms with Gasteiger partial charge in [0.2, 0.25) is 0 Å². The highest BCUT2D eigenvalue weighted by Crippen LogP contribution is 2.30. The summed E-state index contributed by atoms with van der Waals surface area (Å²) in [5.41, 5.74) is 3.67. The van der Waals surface area contributed by atoms with Crippen LogP contribution in [0.15, 0.2) is 53.3 Å². The van der Waals surface area contributed by atoms with Gasteiger partial charge in [0.05, 0.1) is 19.8 Å². The average Bonchev–Trinajstić information content (AvgIpc) is 3.63. The zero-order valence-electron chi connectivity index (χ0n) is 21.8. The first-order chi connectivity index (χ1) is 18.6.